The number of phenols is 1. The number of benzene rings is 1. The summed E-state index contributed by atoms with van der Waals surface area (Å²) in [7, 11) is 0. The Bertz CT molecular complexity index is 314. The molecule has 0 amide bonds. The van der Waals surface area contributed by atoms with E-state index in [0.717, 1.165) is 24.2 Å². The molecule has 2 rings (SSSR count). The van der Waals surface area contributed by atoms with Crippen LogP contribution in [0.25, 0.3) is 0 Å². The van der Waals surface area contributed by atoms with E-state index in [1.165, 1.54) is 12.8 Å². The number of hydrogen-bond acceptors (Lipinski definition) is 2. The minimum atomic E-state index is 0.320. The Balaban J connectivity index is 2.05. The number of aromatic hydroxyl groups is 1. The van der Waals surface area contributed by atoms with Crippen LogP contribution < -0.4 is 4.74 Å². The van der Waals surface area contributed by atoms with Crippen molar-refractivity contribution in [3.05, 3.63) is 23.8 Å². The maximum atomic E-state index is 9.49. The summed E-state index contributed by atoms with van der Waals surface area (Å²) < 4.78 is 5.75. The molecule has 1 aliphatic carbocycles. The molecule has 1 aromatic rings. The third-order valence-corrected chi connectivity index (χ3v) is 2.79. The van der Waals surface area contributed by atoms with Crippen molar-refractivity contribution in [2.75, 3.05) is 0 Å². The molecule has 0 unspecified atom stereocenters. The standard InChI is InChI=1S/C12H16O2/c1-9-6-7-11(8-12(9)13)14-10-4-2-3-5-10/h6-8,10,13H,2-5H2,1H3. The molecule has 0 heterocycles. The zero-order valence-electron chi connectivity index (χ0n) is 8.49. The van der Waals surface area contributed by atoms with E-state index >= 15 is 0 Å². The van der Waals surface area contributed by atoms with E-state index in [0.29, 0.717) is 11.9 Å². The topological polar surface area (TPSA) is 29.5 Å². The zero-order chi connectivity index (χ0) is 9.97. The van der Waals surface area contributed by atoms with Crippen LogP contribution in [0.3, 0.4) is 0 Å². The fourth-order valence-corrected chi connectivity index (χ4v) is 1.86. The Morgan fingerprint density at radius 3 is 2.64 bits per heavy atom. The van der Waals surface area contributed by atoms with Gasteiger partial charge in [0.25, 0.3) is 0 Å². The molecule has 1 fully saturated rings. The highest BCUT2D eigenvalue weighted by Crippen LogP contribution is 2.27. The van der Waals surface area contributed by atoms with Crippen LogP contribution >= 0.6 is 0 Å². The van der Waals surface area contributed by atoms with Crippen LogP contribution in [0.4, 0.5) is 0 Å². The van der Waals surface area contributed by atoms with Gasteiger partial charge in [0.1, 0.15) is 11.5 Å². The Labute approximate surface area is 84.5 Å². The lowest BCUT2D eigenvalue weighted by atomic mass is 10.2. The zero-order valence-corrected chi connectivity index (χ0v) is 8.49. The molecule has 14 heavy (non-hydrogen) atoms. The quantitative estimate of drug-likeness (QED) is 0.780. The first kappa shape index (κ1) is 9.38. The molecule has 76 valence electrons. The molecule has 0 spiro atoms. The summed E-state index contributed by atoms with van der Waals surface area (Å²) in [6.45, 7) is 1.88. The average molecular weight is 192 g/mol. The first-order chi connectivity index (χ1) is 6.75. The molecule has 0 bridgehead atoms. The molecule has 2 heteroatoms. The van der Waals surface area contributed by atoms with Crippen molar-refractivity contribution >= 4 is 0 Å². The molecule has 0 saturated heterocycles. The second kappa shape index (κ2) is 3.91. The van der Waals surface area contributed by atoms with Crippen molar-refractivity contribution in [1.82, 2.24) is 0 Å². The Kier molecular flexibility index (Phi) is 2.62. The molecular formula is C12H16O2. The van der Waals surface area contributed by atoms with Gasteiger partial charge in [0.15, 0.2) is 0 Å². The largest absolute Gasteiger partial charge is 0.508 e. The average Bonchev–Trinajstić information content (AvgIpc) is 2.64. The summed E-state index contributed by atoms with van der Waals surface area (Å²) >= 11 is 0. The van der Waals surface area contributed by atoms with Gasteiger partial charge >= 0.3 is 0 Å². The lowest BCUT2D eigenvalue weighted by molar-refractivity contribution is 0.209. The van der Waals surface area contributed by atoms with Crippen molar-refractivity contribution in [3.63, 3.8) is 0 Å². The number of hydrogen-bond donors (Lipinski definition) is 1. The third-order valence-electron chi connectivity index (χ3n) is 2.79. The molecule has 1 saturated carbocycles. The molecular weight excluding hydrogens is 176 g/mol. The van der Waals surface area contributed by atoms with Gasteiger partial charge in [0.05, 0.1) is 6.10 Å². The van der Waals surface area contributed by atoms with Crippen molar-refractivity contribution < 1.29 is 9.84 Å². The van der Waals surface area contributed by atoms with Crippen molar-refractivity contribution in [2.45, 2.75) is 38.7 Å². The minimum Gasteiger partial charge on any atom is -0.508 e. The van der Waals surface area contributed by atoms with Gasteiger partial charge < -0.3 is 9.84 Å². The van der Waals surface area contributed by atoms with E-state index < -0.39 is 0 Å². The third kappa shape index (κ3) is 2.00. The lowest BCUT2D eigenvalue weighted by Gasteiger charge is -2.13. The van der Waals surface area contributed by atoms with Gasteiger partial charge in [-0.2, -0.15) is 0 Å². The van der Waals surface area contributed by atoms with E-state index in [-0.39, 0.29) is 0 Å². The summed E-state index contributed by atoms with van der Waals surface area (Å²) in [4.78, 5) is 0. The fraction of sp³-hybridized carbons (Fsp3) is 0.500. The van der Waals surface area contributed by atoms with Crippen LogP contribution in [0, 0.1) is 6.92 Å². The first-order valence-corrected chi connectivity index (χ1v) is 5.22. The summed E-state index contributed by atoms with van der Waals surface area (Å²) in [6.07, 6.45) is 5.19. The van der Waals surface area contributed by atoms with E-state index in [1.54, 1.807) is 6.07 Å². The summed E-state index contributed by atoms with van der Waals surface area (Å²) in [6, 6.07) is 5.51. The van der Waals surface area contributed by atoms with Crippen LogP contribution in [0.5, 0.6) is 11.5 Å². The molecule has 0 radical (unpaired) electrons. The normalized spacial score (nSPS) is 17.2. The van der Waals surface area contributed by atoms with Crippen molar-refractivity contribution in [2.24, 2.45) is 0 Å². The van der Waals surface area contributed by atoms with Gasteiger partial charge in [-0.15, -0.1) is 0 Å². The molecule has 1 aromatic carbocycles. The lowest BCUT2D eigenvalue weighted by Crippen LogP contribution is -2.10. The number of aryl methyl sites for hydroxylation is 1. The first-order valence-electron chi connectivity index (χ1n) is 5.22. The smallest absolute Gasteiger partial charge is 0.123 e. The van der Waals surface area contributed by atoms with Gasteiger partial charge in [-0.05, 0) is 44.2 Å². The Morgan fingerprint density at radius 1 is 1.29 bits per heavy atom. The van der Waals surface area contributed by atoms with Crippen LogP contribution in [-0.4, -0.2) is 11.2 Å². The summed E-state index contributed by atoms with van der Waals surface area (Å²) in [5.41, 5.74) is 0.892. The highest BCUT2D eigenvalue weighted by atomic mass is 16.5. The second-order valence-electron chi connectivity index (χ2n) is 3.97. The highest BCUT2D eigenvalue weighted by molar-refractivity contribution is 5.38. The van der Waals surface area contributed by atoms with Crippen LogP contribution in [0.2, 0.25) is 0 Å². The van der Waals surface area contributed by atoms with E-state index in [9.17, 15) is 5.11 Å². The number of ether oxygens (including phenoxy) is 1. The maximum Gasteiger partial charge on any atom is 0.123 e. The molecule has 2 nitrogen and oxygen atoms in total. The van der Waals surface area contributed by atoms with Crippen molar-refractivity contribution in [1.29, 1.82) is 0 Å². The second-order valence-corrected chi connectivity index (χ2v) is 3.97. The van der Waals surface area contributed by atoms with Crippen LogP contribution in [-0.2, 0) is 0 Å². The SMILES string of the molecule is Cc1ccc(OC2CCCC2)cc1O. The van der Waals surface area contributed by atoms with Gasteiger partial charge in [0, 0.05) is 6.07 Å². The van der Waals surface area contributed by atoms with Gasteiger partial charge in [-0.1, -0.05) is 6.07 Å². The molecule has 0 aliphatic heterocycles. The number of phenolic OH excluding ortho intramolecular Hbond substituents is 1. The maximum absolute atomic E-state index is 9.49. The van der Waals surface area contributed by atoms with E-state index in [2.05, 4.69) is 0 Å². The minimum absolute atomic E-state index is 0.320. The van der Waals surface area contributed by atoms with Gasteiger partial charge in [0.2, 0.25) is 0 Å². The van der Waals surface area contributed by atoms with Gasteiger partial charge in [-0.3, -0.25) is 0 Å². The fourth-order valence-electron chi connectivity index (χ4n) is 1.86. The molecule has 1 N–H and O–H groups in total. The Morgan fingerprint density at radius 2 is 2.00 bits per heavy atom. The predicted molar refractivity (Wildman–Crippen MR) is 55.7 cm³/mol. The molecule has 1 aliphatic rings. The Hall–Kier alpha value is -1.18. The van der Waals surface area contributed by atoms with Crippen molar-refractivity contribution in [3.8, 4) is 11.5 Å². The van der Waals surface area contributed by atoms with Gasteiger partial charge in [-0.25, -0.2) is 0 Å². The number of rotatable bonds is 2. The predicted octanol–water partition coefficient (Wildman–Crippen LogP) is 3.02. The molecule has 0 aromatic heterocycles. The molecule has 0 atom stereocenters. The van der Waals surface area contributed by atoms with E-state index in [4.69, 9.17) is 4.74 Å². The van der Waals surface area contributed by atoms with E-state index in [1.807, 2.05) is 19.1 Å². The van der Waals surface area contributed by atoms with Crippen LogP contribution in [0.1, 0.15) is 31.2 Å². The summed E-state index contributed by atoms with van der Waals surface area (Å²) in [5, 5.41) is 9.49. The highest BCUT2D eigenvalue weighted by Gasteiger charge is 2.16. The monoisotopic (exact) mass is 192 g/mol. The summed E-state index contributed by atoms with van der Waals surface area (Å²) in [5.74, 6) is 1.11. The van der Waals surface area contributed by atoms with Crippen LogP contribution in [0.15, 0.2) is 18.2 Å².